The highest BCUT2D eigenvalue weighted by atomic mass is 79.9. The highest BCUT2D eigenvalue weighted by molar-refractivity contribution is 9.10. The molecular formula is C15H17BrClFO2S. The first-order valence-electron chi connectivity index (χ1n) is 6.50. The number of rotatable bonds is 5. The van der Waals surface area contributed by atoms with Crippen LogP contribution in [0, 0.1) is 17.2 Å². The van der Waals surface area contributed by atoms with Crippen molar-refractivity contribution in [1.29, 1.82) is 0 Å². The number of carbonyl (C=O) groups excluding carboxylic acids is 2. The molecule has 0 radical (unpaired) electrons. The molecule has 0 aliphatic carbocycles. The molecule has 1 aromatic carbocycles. The van der Waals surface area contributed by atoms with E-state index >= 15 is 0 Å². The van der Waals surface area contributed by atoms with Crippen LogP contribution in [0.1, 0.15) is 44.5 Å². The molecule has 0 bridgehead atoms. The van der Waals surface area contributed by atoms with Gasteiger partial charge >= 0.3 is 0 Å². The highest BCUT2D eigenvalue weighted by Gasteiger charge is 2.30. The van der Waals surface area contributed by atoms with E-state index in [0.29, 0.717) is 9.37 Å². The van der Waals surface area contributed by atoms with E-state index in [1.54, 1.807) is 0 Å². The van der Waals surface area contributed by atoms with Crippen LogP contribution in [0.5, 0.6) is 0 Å². The highest BCUT2D eigenvalue weighted by Crippen LogP contribution is 2.38. The van der Waals surface area contributed by atoms with Crippen molar-refractivity contribution in [2.75, 3.05) is 0 Å². The molecule has 1 atom stereocenters. The summed E-state index contributed by atoms with van der Waals surface area (Å²) in [6.07, 6.45) is 0.871. The third-order valence-electron chi connectivity index (χ3n) is 3.88. The quantitative estimate of drug-likeness (QED) is 0.476. The van der Waals surface area contributed by atoms with Gasteiger partial charge in [0.2, 0.25) is 0 Å². The van der Waals surface area contributed by atoms with Gasteiger partial charge in [0.05, 0.1) is 5.56 Å². The molecule has 0 fully saturated rings. The molecule has 2 nitrogen and oxygen atoms in total. The summed E-state index contributed by atoms with van der Waals surface area (Å²) in [5.41, 5.74) is -0.348. The van der Waals surface area contributed by atoms with Gasteiger partial charge in [-0.15, -0.1) is 0 Å². The van der Waals surface area contributed by atoms with Gasteiger partial charge in [-0.05, 0) is 45.1 Å². The van der Waals surface area contributed by atoms with Crippen LogP contribution in [0.15, 0.2) is 21.5 Å². The van der Waals surface area contributed by atoms with Crippen molar-refractivity contribution < 1.29 is 14.0 Å². The first-order valence-corrected chi connectivity index (χ1v) is 8.49. The Bertz CT molecular complexity index is 575. The minimum atomic E-state index is -0.878. The lowest BCUT2D eigenvalue weighted by Crippen LogP contribution is -2.26. The van der Waals surface area contributed by atoms with Crippen molar-refractivity contribution >= 4 is 49.7 Å². The smallest absolute Gasteiger partial charge is 0.255 e. The van der Waals surface area contributed by atoms with E-state index in [1.807, 2.05) is 27.7 Å². The molecule has 0 amide bonds. The molecule has 0 aliphatic heterocycles. The Morgan fingerprint density at radius 2 is 2.00 bits per heavy atom. The predicted molar refractivity (Wildman–Crippen MR) is 88.4 cm³/mol. The van der Waals surface area contributed by atoms with Gasteiger partial charge in [0, 0.05) is 15.3 Å². The number of hydrogen-bond acceptors (Lipinski definition) is 3. The second-order valence-corrected chi connectivity index (χ2v) is 7.77. The van der Waals surface area contributed by atoms with Crippen LogP contribution >= 0.6 is 39.3 Å². The monoisotopic (exact) mass is 394 g/mol. The van der Waals surface area contributed by atoms with E-state index in [0.717, 1.165) is 24.2 Å². The maximum Gasteiger partial charge on any atom is 0.255 e. The van der Waals surface area contributed by atoms with Crippen LogP contribution in [-0.2, 0) is 4.79 Å². The molecular weight excluding hydrogens is 379 g/mol. The summed E-state index contributed by atoms with van der Waals surface area (Å²) in [5.74, 6) is -0.875. The van der Waals surface area contributed by atoms with Crippen molar-refractivity contribution in [2.24, 2.45) is 11.3 Å². The maximum absolute atomic E-state index is 13.6. The van der Waals surface area contributed by atoms with Crippen molar-refractivity contribution in [3.8, 4) is 0 Å². The van der Waals surface area contributed by atoms with Crippen molar-refractivity contribution in [1.82, 2.24) is 0 Å². The topological polar surface area (TPSA) is 34.1 Å². The molecule has 6 heteroatoms. The maximum atomic E-state index is 13.6. The number of hydrogen-bond donors (Lipinski definition) is 0. The minimum Gasteiger partial charge on any atom is -0.287 e. The number of carbonyl (C=O) groups is 2. The van der Waals surface area contributed by atoms with E-state index in [9.17, 15) is 14.0 Å². The lowest BCUT2D eigenvalue weighted by molar-refractivity contribution is -0.117. The molecule has 1 aromatic rings. The Hall–Kier alpha value is -0.390. The van der Waals surface area contributed by atoms with Gasteiger partial charge in [-0.3, -0.25) is 9.59 Å². The molecule has 0 heterocycles. The fourth-order valence-electron chi connectivity index (χ4n) is 1.58. The zero-order valence-corrected chi connectivity index (χ0v) is 15.5. The molecule has 0 saturated carbocycles. The van der Waals surface area contributed by atoms with E-state index in [2.05, 4.69) is 15.9 Å². The van der Waals surface area contributed by atoms with Crippen molar-refractivity contribution in [2.45, 2.75) is 39.0 Å². The summed E-state index contributed by atoms with van der Waals surface area (Å²) in [4.78, 5) is 24.0. The molecule has 21 heavy (non-hydrogen) atoms. The van der Waals surface area contributed by atoms with E-state index in [1.165, 1.54) is 6.07 Å². The summed E-state index contributed by atoms with van der Waals surface area (Å²) in [5, 5.41) is -0.904. The summed E-state index contributed by atoms with van der Waals surface area (Å²) < 4.78 is 14.0. The van der Waals surface area contributed by atoms with Gasteiger partial charge in [-0.25, -0.2) is 4.39 Å². The van der Waals surface area contributed by atoms with Gasteiger partial charge in [0.25, 0.3) is 5.24 Å². The first kappa shape index (κ1) is 18.7. The van der Waals surface area contributed by atoms with Crippen LogP contribution in [0.2, 0.25) is 0 Å². The third-order valence-corrected chi connectivity index (χ3v) is 6.12. The summed E-state index contributed by atoms with van der Waals surface area (Å²) in [6.45, 7) is 7.98. The third kappa shape index (κ3) is 4.54. The molecule has 0 aliphatic rings. The van der Waals surface area contributed by atoms with E-state index in [-0.39, 0.29) is 22.0 Å². The number of halogens is 3. The molecule has 0 aromatic heterocycles. The second kappa shape index (κ2) is 7.25. The zero-order valence-electron chi connectivity index (χ0n) is 12.3. The molecule has 1 rings (SSSR count). The average molecular weight is 396 g/mol. The summed E-state index contributed by atoms with van der Waals surface area (Å²) >= 11 is 9.54. The lowest BCUT2D eigenvalue weighted by Gasteiger charge is -2.29. The summed E-state index contributed by atoms with van der Waals surface area (Å²) in [6, 6.07) is 2.46. The van der Waals surface area contributed by atoms with Gasteiger partial charge < -0.3 is 0 Å². The van der Waals surface area contributed by atoms with Crippen LogP contribution in [0.4, 0.5) is 4.39 Å². The Morgan fingerprint density at radius 3 is 2.48 bits per heavy atom. The Balaban J connectivity index is 3.06. The largest absolute Gasteiger partial charge is 0.287 e. The molecule has 0 saturated heterocycles. The summed E-state index contributed by atoms with van der Waals surface area (Å²) in [7, 11) is 0. The van der Waals surface area contributed by atoms with Crippen LogP contribution in [0.3, 0.4) is 0 Å². The lowest BCUT2D eigenvalue weighted by atomic mass is 9.78. The molecule has 116 valence electrons. The SMILES string of the molecule is CCC(C)(C)C(C)C(=O)Sc1cc(C(=O)Cl)c(F)cc1Br. The number of benzene rings is 1. The average Bonchev–Trinajstić information content (AvgIpc) is 2.40. The standard InChI is InChI=1S/C15H17BrClFO2S/c1-5-15(3,4)8(2)14(20)21-12-6-9(13(17)19)11(18)7-10(12)16/h6-8H,5H2,1-4H3. The van der Waals surface area contributed by atoms with E-state index in [4.69, 9.17) is 11.6 Å². The second-order valence-electron chi connectivity index (χ2n) is 5.52. The van der Waals surface area contributed by atoms with Gasteiger partial charge in [-0.2, -0.15) is 0 Å². The van der Waals surface area contributed by atoms with Gasteiger partial charge in [0.1, 0.15) is 5.82 Å². The molecule has 0 N–H and O–H groups in total. The predicted octanol–water partition coefficient (Wildman–Crippen LogP) is 5.66. The van der Waals surface area contributed by atoms with Gasteiger partial charge in [-0.1, -0.05) is 45.9 Å². The number of thioether (sulfide) groups is 1. The van der Waals surface area contributed by atoms with Gasteiger partial charge in [0.15, 0.2) is 5.12 Å². The Morgan fingerprint density at radius 1 is 1.43 bits per heavy atom. The van der Waals surface area contributed by atoms with E-state index < -0.39 is 11.1 Å². The van der Waals surface area contributed by atoms with Crippen LogP contribution < -0.4 is 0 Å². The Kier molecular flexibility index (Phi) is 6.44. The molecule has 1 unspecified atom stereocenters. The minimum absolute atomic E-state index is 0.0258. The first-order chi connectivity index (χ1) is 9.60. The normalized spacial score (nSPS) is 13.1. The van der Waals surface area contributed by atoms with Crippen molar-refractivity contribution in [3.05, 3.63) is 28.0 Å². The zero-order chi connectivity index (χ0) is 16.4. The fourth-order valence-corrected chi connectivity index (χ4v) is 3.33. The van der Waals surface area contributed by atoms with Crippen molar-refractivity contribution in [3.63, 3.8) is 0 Å². The van der Waals surface area contributed by atoms with Crippen LogP contribution in [-0.4, -0.2) is 10.4 Å². The van der Waals surface area contributed by atoms with Crippen LogP contribution in [0.25, 0.3) is 0 Å². The Labute approximate surface area is 141 Å². The molecule has 0 spiro atoms. The fraction of sp³-hybridized carbons (Fsp3) is 0.467.